The number of halogens is 1. The fourth-order valence-corrected chi connectivity index (χ4v) is 2.22. The topological polar surface area (TPSA) is 65.1 Å². The van der Waals surface area contributed by atoms with Crippen LogP contribution in [0.5, 0.6) is 0 Å². The number of alkyl halides is 1. The van der Waals surface area contributed by atoms with Crippen LogP contribution in [0.3, 0.4) is 0 Å². The molecule has 0 spiro atoms. The summed E-state index contributed by atoms with van der Waals surface area (Å²) in [5, 5.41) is 11.5. The van der Waals surface area contributed by atoms with Crippen molar-refractivity contribution in [2.45, 2.75) is 26.3 Å². The molecular formula is C11H15BrN2O3. The van der Waals surface area contributed by atoms with E-state index in [4.69, 9.17) is 0 Å². The van der Waals surface area contributed by atoms with Gasteiger partial charge in [-0.05, 0) is 12.3 Å². The number of hydrogen-bond acceptors (Lipinski definition) is 3. The van der Waals surface area contributed by atoms with Gasteiger partial charge < -0.3 is 4.57 Å². The maximum Gasteiger partial charge on any atom is 0.332 e. The molecule has 6 heteroatoms. The van der Waals surface area contributed by atoms with Gasteiger partial charge >= 0.3 is 5.69 Å². The van der Waals surface area contributed by atoms with Crippen LogP contribution >= 0.6 is 15.9 Å². The molecule has 0 amide bonds. The van der Waals surface area contributed by atoms with Crippen molar-refractivity contribution in [3.63, 3.8) is 0 Å². The van der Waals surface area contributed by atoms with E-state index in [1.54, 1.807) is 10.8 Å². The summed E-state index contributed by atoms with van der Waals surface area (Å²) in [6.45, 7) is 2.78. The van der Waals surface area contributed by atoms with Crippen LogP contribution in [0.25, 0.3) is 0 Å². The molecule has 0 fully saturated rings. The largest absolute Gasteiger partial charge is 0.348 e. The first-order valence-electron chi connectivity index (χ1n) is 5.49. The van der Waals surface area contributed by atoms with E-state index in [1.807, 2.05) is 0 Å². The Hall–Kier alpha value is -1.17. The van der Waals surface area contributed by atoms with E-state index in [2.05, 4.69) is 22.9 Å². The maximum absolute atomic E-state index is 11.2. The Kier molecular flexibility index (Phi) is 5.34. The fourth-order valence-electron chi connectivity index (χ4n) is 1.69. The summed E-state index contributed by atoms with van der Waals surface area (Å²) in [5.74, 6) is 0.419. The molecule has 0 aliphatic heterocycles. The van der Waals surface area contributed by atoms with E-state index >= 15 is 0 Å². The Morgan fingerprint density at radius 2 is 2.29 bits per heavy atom. The molecule has 1 atom stereocenters. The van der Waals surface area contributed by atoms with Crippen molar-refractivity contribution in [3.8, 4) is 0 Å². The first kappa shape index (κ1) is 13.9. The zero-order valence-corrected chi connectivity index (χ0v) is 11.2. The normalized spacial score (nSPS) is 12.4. The summed E-state index contributed by atoms with van der Waals surface area (Å²) in [7, 11) is 0. The van der Waals surface area contributed by atoms with E-state index in [0.29, 0.717) is 12.5 Å². The highest BCUT2D eigenvalue weighted by Crippen LogP contribution is 2.13. The van der Waals surface area contributed by atoms with Crippen LogP contribution in [-0.4, -0.2) is 14.8 Å². The van der Waals surface area contributed by atoms with Gasteiger partial charge in [0.25, 0.3) is 5.43 Å². The SMILES string of the molecule is CCCC(CBr)Cn1ccc(=O)c([N+](=O)[O-])c1. The molecule has 0 saturated heterocycles. The lowest BCUT2D eigenvalue weighted by molar-refractivity contribution is -0.386. The van der Waals surface area contributed by atoms with Crippen molar-refractivity contribution in [1.82, 2.24) is 4.57 Å². The van der Waals surface area contributed by atoms with Crippen molar-refractivity contribution in [2.75, 3.05) is 5.33 Å². The van der Waals surface area contributed by atoms with Gasteiger partial charge in [0.05, 0.1) is 11.1 Å². The summed E-state index contributed by atoms with van der Waals surface area (Å²) in [6, 6.07) is 1.25. The van der Waals surface area contributed by atoms with Gasteiger partial charge in [-0.2, -0.15) is 0 Å². The third kappa shape index (κ3) is 3.96. The lowest BCUT2D eigenvalue weighted by atomic mass is 10.1. The van der Waals surface area contributed by atoms with E-state index < -0.39 is 10.4 Å². The predicted octanol–water partition coefficient (Wildman–Crippen LogP) is 2.57. The van der Waals surface area contributed by atoms with Crippen LogP contribution in [0.1, 0.15) is 19.8 Å². The Morgan fingerprint density at radius 1 is 1.59 bits per heavy atom. The molecule has 1 heterocycles. The van der Waals surface area contributed by atoms with Gasteiger partial charge in [0.15, 0.2) is 0 Å². The number of hydrogen-bond donors (Lipinski definition) is 0. The molecule has 0 saturated carbocycles. The van der Waals surface area contributed by atoms with Gasteiger partial charge in [-0.3, -0.25) is 14.9 Å². The second-order valence-electron chi connectivity index (χ2n) is 3.96. The zero-order chi connectivity index (χ0) is 12.8. The summed E-state index contributed by atoms with van der Waals surface area (Å²) < 4.78 is 1.71. The molecule has 17 heavy (non-hydrogen) atoms. The molecule has 0 N–H and O–H groups in total. The highest BCUT2D eigenvalue weighted by molar-refractivity contribution is 9.09. The standard InChI is InChI=1S/C11H15BrN2O3/c1-2-3-9(6-12)7-13-5-4-11(15)10(8-13)14(16)17/h4-5,8-9H,2-3,6-7H2,1H3. The van der Waals surface area contributed by atoms with Gasteiger partial charge in [0, 0.05) is 24.1 Å². The highest BCUT2D eigenvalue weighted by Gasteiger charge is 2.13. The van der Waals surface area contributed by atoms with Crippen LogP contribution in [0.15, 0.2) is 23.3 Å². The van der Waals surface area contributed by atoms with Gasteiger partial charge in [-0.25, -0.2) is 0 Å². The van der Waals surface area contributed by atoms with Crippen molar-refractivity contribution < 1.29 is 4.92 Å². The zero-order valence-electron chi connectivity index (χ0n) is 9.63. The van der Waals surface area contributed by atoms with Crippen molar-refractivity contribution in [1.29, 1.82) is 0 Å². The summed E-state index contributed by atoms with van der Waals surface area (Å²) >= 11 is 3.43. The highest BCUT2D eigenvalue weighted by atomic mass is 79.9. The Bertz CT molecular complexity index is 445. The molecule has 0 bridgehead atoms. The van der Waals surface area contributed by atoms with Gasteiger partial charge in [-0.1, -0.05) is 29.3 Å². The molecule has 1 aromatic heterocycles. The third-order valence-electron chi connectivity index (χ3n) is 2.54. The molecule has 0 aliphatic rings. The summed E-state index contributed by atoms with van der Waals surface area (Å²) in [5.41, 5.74) is -0.908. The fraction of sp³-hybridized carbons (Fsp3) is 0.545. The number of rotatable bonds is 6. The maximum atomic E-state index is 11.2. The molecule has 0 radical (unpaired) electrons. The number of pyridine rings is 1. The quantitative estimate of drug-likeness (QED) is 0.461. The Labute approximate surface area is 108 Å². The van der Waals surface area contributed by atoms with Crippen LogP contribution in [0.2, 0.25) is 0 Å². The van der Waals surface area contributed by atoms with Crippen molar-refractivity contribution >= 4 is 21.6 Å². The Balaban J connectivity index is 2.88. The van der Waals surface area contributed by atoms with Crippen molar-refractivity contribution in [2.24, 2.45) is 5.92 Å². The smallest absolute Gasteiger partial charge is 0.332 e. The molecule has 1 unspecified atom stereocenters. The van der Waals surface area contributed by atoms with E-state index in [9.17, 15) is 14.9 Å². The molecule has 1 aromatic rings. The van der Waals surface area contributed by atoms with Crippen LogP contribution in [-0.2, 0) is 6.54 Å². The van der Waals surface area contributed by atoms with Gasteiger partial charge in [0.2, 0.25) is 0 Å². The van der Waals surface area contributed by atoms with Gasteiger partial charge in [-0.15, -0.1) is 0 Å². The molecule has 0 aliphatic carbocycles. The summed E-state index contributed by atoms with van der Waals surface area (Å²) in [6.07, 6.45) is 5.03. The van der Waals surface area contributed by atoms with Crippen LogP contribution in [0.4, 0.5) is 5.69 Å². The number of nitrogens with zero attached hydrogens (tertiary/aromatic N) is 2. The molecule has 1 rings (SSSR count). The second kappa shape index (κ2) is 6.54. The third-order valence-corrected chi connectivity index (χ3v) is 3.45. The lowest BCUT2D eigenvalue weighted by Crippen LogP contribution is -2.16. The number of nitro groups is 1. The molecule has 94 valence electrons. The number of aromatic nitrogens is 1. The predicted molar refractivity (Wildman–Crippen MR) is 69.5 cm³/mol. The lowest BCUT2D eigenvalue weighted by Gasteiger charge is -2.14. The van der Waals surface area contributed by atoms with Crippen LogP contribution in [0, 0.1) is 16.0 Å². The minimum Gasteiger partial charge on any atom is -0.348 e. The first-order valence-corrected chi connectivity index (χ1v) is 6.61. The van der Waals surface area contributed by atoms with Gasteiger partial charge in [0.1, 0.15) is 0 Å². The minimum absolute atomic E-state index is 0.364. The average molecular weight is 303 g/mol. The monoisotopic (exact) mass is 302 g/mol. The summed E-state index contributed by atoms with van der Waals surface area (Å²) in [4.78, 5) is 21.2. The second-order valence-corrected chi connectivity index (χ2v) is 4.60. The molecule has 0 aromatic carbocycles. The van der Waals surface area contributed by atoms with Crippen LogP contribution < -0.4 is 5.43 Å². The van der Waals surface area contributed by atoms with Crippen molar-refractivity contribution in [3.05, 3.63) is 38.8 Å². The minimum atomic E-state index is -0.637. The van der Waals surface area contributed by atoms with E-state index in [-0.39, 0.29) is 5.69 Å². The first-order chi connectivity index (χ1) is 8.08. The Morgan fingerprint density at radius 3 is 2.82 bits per heavy atom. The average Bonchev–Trinajstić information content (AvgIpc) is 2.30. The molecule has 5 nitrogen and oxygen atoms in total. The van der Waals surface area contributed by atoms with E-state index in [0.717, 1.165) is 18.2 Å². The van der Waals surface area contributed by atoms with E-state index in [1.165, 1.54) is 12.3 Å². The molecular weight excluding hydrogens is 288 g/mol.